The molecule has 0 unspecified atom stereocenters. The Balaban J connectivity index is 1.98. The first-order valence-corrected chi connectivity index (χ1v) is 11.6. The molecule has 2 N–H and O–H groups in total. The minimum atomic E-state index is -2.23. The van der Waals surface area contributed by atoms with Crippen molar-refractivity contribution in [2.24, 2.45) is 0 Å². The summed E-state index contributed by atoms with van der Waals surface area (Å²) >= 11 is 0. The minimum absolute atomic E-state index is 0.242. The predicted molar refractivity (Wildman–Crippen MR) is 144 cm³/mol. The SMILES string of the molecule is O=C(OB(O)O)c1cc(-c2ccccc2)c(-c2ccccc2)c(-c2ccccc2)c1-c1ccccc1. The molecule has 0 radical (unpaired) electrons. The van der Waals surface area contributed by atoms with Gasteiger partial charge in [-0.25, -0.2) is 4.79 Å². The van der Waals surface area contributed by atoms with Gasteiger partial charge in [-0.2, -0.15) is 0 Å². The van der Waals surface area contributed by atoms with Gasteiger partial charge in [0.2, 0.25) is 0 Å². The molecule has 4 nitrogen and oxygen atoms in total. The Bertz CT molecular complexity index is 1470. The van der Waals surface area contributed by atoms with Crippen LogP contribution in [0.2, 0.25) is 0 Å². The molecule has 0 spiro atoms. The third kappa shape index (κ3) is 4.71. The van der Waals surface area contributed by atoms with E-state index in [9.17, 15) is 14.8 Å². The fourth-order valence-corrected chi connectivity index (χ4v) is 4.55. The Morgan fingerprint density at radius 1 is 0.528 bits per heavy atom. The third-order valence-electron chi connectivity index (χ3n) is 6.03. The van der Waals surface area contributed by atoms with E-state index in [1.807, 2.05) is 109 Å². The zero-order chi connectivity index (χ0) is 24.9. The molecule has 5 aromatic rings. The second-order valence-electron chi connectivity index (χ2n) is 8.29. The van der Waals surface area contributed by atoms with Gasteiger partial charge >= 0.3 is 13.3 Å². The summed E-state index contributed by atoms with van der Waals surface area (Å²) in [4.78, 5) is 13.3. The molecule has 0 bridgehead atoms. The number of carbonyl (C=O) groups excluding carboxylic acids is 1. The number of rotatable bonds is 6. The first-order chi connectivity index (χ1) is 17.6. The molecule has 0 atom stereocenters. The molecule has 0 aliphatic carbocycles. The van der Waals surface area contributed by atoms with Crippen molar-refractivity contribution in [1.82, 2.24) is 0 Å². The number of carbonyl (C=O) groups is 1. The average Bonchev–Trinajstić information content (AvgIpc) is 2.93. The lowest BCUT2D eigenvalue weighted by atomic mass is 9.80. The van der Waals surface area contributed by atoms with Crippen LogP contribution in [0.1, 0.15) is 10.4 Å². The van der Waals surface area contributed by atoms with E-state index in [0.717, 1.165) is 38.9 Å². The maximum absolute atomic E-state index is 13.3. The summed E-state index contributed by atoms with van der Waals surface area (Å²) in [6.45, 7) is 0. The van der Waals surface area contributed by atoms with Crippen molar-refractivity contribution < 1.29 is 19.5 Å². The zero-order valence-corrected chi connectivity index (χ0v) is 19.4. The van der Waals surface area contributed by atoms with E-state index in [-0.39, 0.29) is 5.56 Å². The summed E-state index contributed by atoms with van der Waals surface area (Å²) < 4.78 is 4.90. The molecule has 0 amide bonds. The van der Waals surface area contributed by atoms with Crippen molar-refractivity contribution in [2.45, 2.75) is 0 Å². The van der Waals surface area contributed by atoms with Crippen LogP contribution >= 0.6 is 0 Å². The van der Waals surface area contributed by atoms with E-state index in [2.05, 4.69) is 12.1 Å². The second-order valence-corrected chi connectivity index (χ2v) is 8.29. The molecular weight excluding hydrogens is 447 g/mol. The van der Waals surface area contributed by atoms with Crippen molar-refractivity contribution in [2.75, 3.05) is 0 Å². The first-order valence-electron chi connectivity index (χ1n) is 11.6. The van der Waals surface area contributed by atoms with E-state index in [1.165, 1.54) is 0 Å². The Labute approximate surface area is 210 Å². The lowest BCUT2D eigenvalue weighted by Gasteiger charge is -2.23. The van der Waals surface area contributed by atoms with E-state index in [4.69, 9.17) is 4.65 Å². The van der Waals surface area contributed by atoms with Crippen LogP contribution in [-0.2, 0) is 4.65 Å². The normalized spacial score (nSPS) is 10.6. The lowest BCUT2D eigenvalue weighted by molar-refractivity contribution is 0.0649. The van der Waals surface area contributed by atoms with Crippen LogP contribution in [0, 0.1) is 0 Å². The molecule has 174 valence electrons. The maximum atomic E-state index is 13.3. The van der Waals surface area contributed by atoms with Crippen LogP contribution in [0.5, 0.6) is 0 Å². The summed E-state index contributed by atoms with van der Waals surface area (Å²) in [5.74, 6) is -0.821. The van der Waals surface area contributed by atoms with Crippen molar-refractivity contribution >= 4 is 13.3 Å². The summed E-state index contributed by atoms with van der Waals surface area (Å²) in [5, 5.41) is 18.9. The van der Waals surface area contributed by atoms with Gasteiger partial charge in [-0.05, 0) is 45.0 Å². The van der Waals surface area contributed by atoms with E-state index < -0.39 is 13.3 Å². The molecule has 0 heterocycles. The average molecular weight is 470 g/mol. The van der Waals surface area contributed by atoms with Gasteiger partial charge in [0.25, 0.3) is 0 Å². The molecule has 0 aromatic heterocycles. The number of hydrogen-bond donors (Lipinski definition) is 2. The van der Waals surface area contributed by atoms with Crippen LogP contribution in [-0.4, -0.2) is 23.3 Å². The highest BCUT2D eigenvalue weighted by molar-refractivity contribution is 6.37. The number of hydrogen-bond acceptors (Lipinski definition) is 4. The molecule has 0 saturated carbocycles. The largest absolute Gasteiger partial charge is 0.709 e. The van der Waals surface area contributed by atoms with Crippen molar-refractivity contribution in [3.63, 3.8) is 0 Å². The summed E-state index contributed by atoms with van der Waals surface area (Å²) in [6.07, 6.45) is 0. The van der Waals surface area contributed by atoms with Crippen LogP contribution in [0.3, 0.4) is 0 Å². The molecule has 36 heavy (non-hydrogen) atoms. The van der Waals surface area contributed by atoms with E-state index in [1.54, 1.807) is 6.07 Å². The second kappa shape index (κ2) is 10.4. The van der Waals surface area contributed by atoms with Gasteiger partial charge in [-0.3, -0.25) is 0 Å². The van der Waals surface area contributed by atoms with Crippen molar-refractivity contribution in [1.29, 1.82) is 0 Å². The number of benzene rings is 5. The Morgan fingerprint density at radius 3 is 1.36 bits per heavy atom. The Morgan fingerprint density at radius 2 is 0.917 bits per heavy atom. The van der Waals surface area contributed by atoms with Gasteiger partial charge in [0.15, 0.2) is 0 Å². The van der Waals surface area contributed by atoms with Gasteiger partial charge in [0.05, 0.1) is 5.56 Å². The topological polar surface area (TPSA) is 66.8 Å². The third-order valence-corrected chi connectivity index (χ3v) is 6.03. The summed E-state index contributed by atoms with van der Waals surface area (Å²) in [6, 6.07) is 41.2. The van der Waals surface area contributed by atoms with Crippen LogP contribution in [0.4, 0.5) is 0 Å². The van der Waals surface area contributed by atoms with Crippen LogP contribution in [0.15, 0.2) is 127 Å². The monoisotopic (exact) mass is 470 g/mol. The Hall–Kier alpha value is -4.45. The quantitative estimate of drug-likeness (QED) is 0.279. The van der Waals surface area contributed by atoms with E-state index >= 15 is 0 Å². The zero-order valence-electron chi connectivity index (χ0n) is 19.4. The van der Waals surface area contributed by atoms with Crippen LogP contribution in [0.25, 0.3) is 44.5 Å². The first kappa shape index (κ1) is 23.3. The smallest absolute Gasteiger partial charge is 0.481 e. The summed E-state index contributed by atoms with van der Waals surface area (Å²) in [5.41, 5.74) is 7.21. The standard InChI is InChI=1S/C31H23BO4/c33-31(36-32(34)35)27-21-26(22-13-5-1-6-14-22)28(23-15-7-2-8-16-23)30(25-19-11-4-12-20-25)29(27)24-17-9-3-10-18-24/h1-21,34-35H. The van der Waals surface area contributed by atoms with Crippen molar-refractivity contribution in [3.05, 3.63) is 133 Å². The van der Waals surface area contributed by atoms with Gasteiger partial charge in [-0.1, -0.05) is 121 Å². The van der Waals surface area contributed by atoms with Gasteiger partial charge in [0, 0.05) is 5.56 Å². The van der Waals surface area contributed by atoms with Gasteiger partial charge < -0.3 is 14.7 Å². The highest BCUT2D eigenvalue weighted by atomic mass is 16.6. The molecule has 0 fully saturated rings. The highest BCUT2D eigenvalue weighted by Gasteiger charge is 2.28. The predicted octanol–water partition coefficient (Wildman–Crippen LogP) is 6.48. The highest BCUT2D eigenvalue weighted by Crippen LogP contribution is 2.47. The molecular formula is C31H23BO4. The van der Waals surface area contributed by atoms with Gasteiger partial charge in [0.1, 0.15) is 0 Å². The van der Waals surface area contributed by atoms with E-state index in [0.29, 0.717) is 5.56 Å². The Kier molecular flexibility index (Phi) is 6.76. The summed E-state index contributed by atoms with van der Waals surface area (Å²) in [7, 11) is -2.23. The molecule has 5 rings (SSSR count). The van der Waals surface area contributed by atoms with Crippen LogP contribution < -0.4 is 0 Å². The fraction of sp³-hybridized carbons (Fsp3) is 0. The van der Waals surface area contributed by atoms with Gasteiger partial charge in [-0.15, -0.1) is 0 Å². The molecule has 0 aliphatic rings. The molecule has 5 aromatic carbocycles. The maximum Gasteiger partial charge on any atom is 0.709 e. The molecule has 0 aliphatic heterocycles. The lowest BCUT2D eigenvalue weighted by Crippen LogP contribution is -2.22. The molecule has 0 saturated heterocycles. The molecule has 5 heteroatoms. The fourth-order valence-electron chi connectivity index (χ4n) is 4.55. The minimum Gasteiger partial charge on any atom is -0.481 e. The van der Waals surface area contributed by atoms with Crippen molar-refractivity contribution in [3.8, 4) is 44.5 Å².